The lowest BCUT2D eigenvalue weighted by molar-refractivity contribution is -0.113. The number of halogens is 2. The highest BCUT2D eigenvalue weighted by Crippen LogP contribution is 2.24. The van der Waals surface area contributed by atoms with Crippen LogP contribution in [-0.4, -0.2) is 10.2 Å². The topological polar surface area (TPSA) is 30.0 Å². The zero-order chi connectivity index (χ0) is 13.0. The van der Waals surface area contributed by atoms with Gasteiger partial charge < -0.3 is 0 Å². The van der Waals surface area contributed by atoms with Crippen molar-refractivity contribution in [2.45, 2.75) is 12.3 Å². The Hall–Kier alpha value is -1.74. The molecule has 0 spiro atoms. The van der Waals surface area contributed by atoms with Crippen LogP contribution in [0.5, 0.6) is 0 Å². The standard InChI is InChI=1S/C14H11ClFNO/c15-14(18)13(8-10-4-6-17-7-5-10)11-2-1-3-12(16)9-11/h1-7,9,13H,8H2. The number of benzene rings is 1. The van der Waals surface area contributed by atoms with E-state index in [0.717, 1.165) is 5.56 Å². The van der Waals surface area contributed by atoms with Crippen LogP contribution in [0.3, 0.4) is 0 Å². The average molecular weight is 264 g/mol. The minimum atomic E-state index is -0.537. The first kappa shape index (κ1) is 12.7. The highest BCUT2D eigenvalue weighted by Gasteiger charge is 2.19. The number of rotatable bonds is 4. The predicted molar refractivity (Wildman–Crippen MR) is 67.9 cm³/mol. The summed E-state index contributed by atoms with van der Waals surface area (Å²) in [5.74, 6) is -0.907. The van der Waals surface area contributed by atoms with Crippen LogP contribution in [0.2, 0.25) is 0 Å². The third kappa shape index (κ3) is 3.14. The molecule has 0 aliphatic carbocycles. The van der Waals surface area contributed by atoms with E-state index in [0.29, 0.717) is 12.0 Å². The number of carbonyl (C=O) groups excluding carboxylic acids is 1. The van der Waals surface area contributed by atoms with Crippen LogP contribution in [-0.2, 0) is 11.2 Å². The second-order valence-corrected chi connectivity index (χ2v) is 4.34. The van der Waals surface area contributed by atoms with Gasteiger partial charge in [-0.3, -0.25) is 9.78 Å². The number of hydrogen-bond donors (Lipinski definition) is 0. The molecule has 92 valence electrons. The van der Waals surface area contributed by atoms with E-state index in [2.05, 4.69) is 4.98 Å². The number of aromatic nitrogens is 1. The van der Waals surface area contributed by atoms with E-state index in [9.17, 15) is 9.18 Å². The lowest BCUT2D eigenvalue weighted by Crippen LogP contribution is -2.10. The molecule has 0 bridgehead atoms. The summed E-state index contributed by atoms with van der Waals surface area (Å²) in [7, 11) is 0. The summed E-state index contributed by atoms with van der Waals surface area (Å²) in [5.41, 5.74) is 1.53. The van der Waals surface area contributed by atoms with Crippen LogP contribution >= 0.6 is 11.6 Å². The van der Waals surface area contributed by atoms with Crippen molar-refractivity contribution in [3.63, 3.8) is 0 Å². The van der Waals surface area contributed by atoms with Crippen molar-refractivity contribution in [1.82, 2.24) is 4.98 Å². The summed E-state index contributed by atoms with van der Waals surface area (Å²) in [4.78, 5) is 15.4. The largest absolute Gasteiger partial charge is 0.281 e. The Morgan fingerprint density at radius 3 is 2.61 bits per heavy atom. The van der Waals surface area contributed by atoms with E-state index in [1.165, 1.54) is 12.1 Å². The second kappa shape index (κ2) is 5.74. The molecule has 1 atom stereocenters. The van der Waals surface area contributed by atoms with Gasteiger partial charge in [0.25, 0.3) is 0 Å². The first-order valence-electron chi connectivity index (χ1n) is 5.50. The van der Waals surface area contributed by atoms with Gasteiger partial charge in [-0.25, -0.2) is 4.39 Å². The van der Waals surface area contributed by atoms with Gasteiger partial charge in [0.05, 0.1) is 5.92 Å². The summed E-state index contributed by atoms with van der Waals surface area (Å²) in [5, 5.41) is -0.489. The minimum absolute atomic E-state index is 0.370. The average Bonchev–Trinajstić information content (AvgIpc) is 2.37. The van der Waals surface area contributed by atoms with Gasteiger partial charge in [-0.2, -0.15) is 0 Å². The zero-order valence-electron chi connectivity index (χ0n) is 9.51. The van der Waals surface area contributed by atoms with Crippen LogP contribution in [0.4, 0.5) is 4.39 Å². The summed E-state index contributed by atoms with van der Waals surface area (Å²) in [6.45, 7) is 0. The van der Waals surface area contributed by atoms with Crippen LogP contribution in [0.15, 0.2) is 48.8 Å². The molecule has 1 aromatic heterocycles. The normalized spacial score (nSPS) is 12.1. The van der Waals surface area contributed by atoms with E-state index in [-0.39, 0.29) is 5.82 Å². The maximum Gasteiger partial charge on any atom is 0.229 e. The molecule has 1 aromatic carbocycles. The maximum atomic E-state index is 13.2. The van der Waals surface area contributed by atoms with E-state index in [1.54, 1.807) is 24.5 Å². The summed E-state index contributed by atoms with van der Waals surface area (Å²) >= 11 is 5.60. The van der Waals surface area contributed by atoms with Gasteiger partial charge in [-0.05, 0) is 53.4 Å². The first-order valence-corrected chi connectivity index (χ1v) is 5.88. The van der Waals surface area contributed by atoms with Crippen LogP contribution < -0.4 is 0 Å². The molecule has 0 amide bonds. The highest BCUT2D eigenvalue weighted by molar-refractivity contribution is 6.64. The number of nitrogens with zero attached hydrogens (tertiary/aromatic N) is 1. The Morgan fingerprint density at radius 1 is 1.28 bits per heavy atom. The number of pyridine rings is 1. The fraction of sp³-hybridized carbons (Fsp3) is 0.143. The Morgan fingerprint density at radius 2 is 2.00 bits per heavy atom. The Bertz CT molecular complexity index is 545. The third-order valence-electron chi connectivity index (χ3n) is 2.71. The minimum Gasteiger partial charge on any atom is -0.281 e. The van der Waals surface area contributed by atoms with Gasteiger partial charge in [0.15, 0.2) is 0 Å². The summed E-state index contributed by atoms with van der Waals surface area (Å²) < 4.78 is 13.2. The van der Waals surface area contributed by atoms with Crippen LogP contribution in [0.25, 0.3) is 0 Å². The highest BCUT2D eigenvalue weighted by atomic mass is 35.5. The SMILES string of the molecule is O=C(Cl)C(Cc1ccncc1)c1cccc(F)c1. The Kier molecular flexibility index (Phi) is 4.05. The van der Waals surface area contributed by atoms with Gasteiger partial charge in [0.2, 0.25) is 5.24 Å². The molecule has 2 aromatic rings. The van der Waals surface area contributed by atoms with Crippen molar-refractivity contribution in [1.29, 1.82) is 0 Å². The smallest absolute Gasteiger partial charge is 0.229 e. The van der Waals surface area contributed by atoms with E-state index in [1.807, 2.05) is 12.1 Å². The van der Waals surface area contributed by atoms with Gasteiger partial charge in [-0.15, -0.1) is 0 Å². The van der Waals surface area contributed by atoms with Gasteiger partial charge in [0, 0.05) is 12.4 Å². The molecule has 2 nitrogen and oxygen atoms in total. The van der Waals surface area contributed by atoms with Crippen LogP contribution in [0.1, 0.15) is 17.0 Å². The molecule has 0 saturated carbocycles. The fourth-order valence-electron chi connectivity index (χ4n) is 1.81. The second-order valence-electron chi connectivity index (χ2n) is 3.97. The van der Waals surface area contributed by atoms with Crippen molar-refractivity contribution in [2.75, 3.05) is 0 Å². The molecule has 0 aliphatic rings. The maximum absolute atomic E-state index is 13.2. The molecular weight excluding hydrogens is 253 g/mol. The fourth-order valence-corrected chi connectivity index (χ4v) is 2.01. The van der Waals surface area contributed by atoms with Crippen molar-refractivity contribution in [2.24, 2.45) is 0 Å². The van der Waals surface area contributed by atoms with Crippen LogP contribution in [0, 0.1) is 5.82 Å². The van der Waals surface area contributed by atoms with Gasteiger partial charge in [-0.1, -0.05) is 12.1 Å². The van der Waals surface area contributed by atoms with E-state index >= 15 is 0 Å². The monoisotopic (exact) mass is 263 g/mol. The molecular formula is C14H11ClFNO. The van der Waals surface area contributed by atoms with Crippen molar-refractivity contribution in [3.05, 3.63) is 65.7 Å². The number of carbonyl (C=O) groups is 1. The zero-order valence-corrected chi connectivity index (χ0v) is 10.3. The van der Waals surface area contributed by atoms with E-state index < -0.39 is 11.2 Å². The molecule has 0 fully saturated rings. The lowest BCUT2D eigenvalue weighted by atomic mass is 9.93. The van der Waals surface area contributed by atoms with Gasteiger partial charge in [0.1, 0.15) is 5.82 Å². The molecule has 1 heterocycles. The molecule has 0 aliphatic heterocycles. The Balaban J connectivity index is 2.27. The molecule has 0 N–H and O–H groups in total. The molecule has 0 saturated heterocycles. The lowest BCUT2D eigenvalue weighted by Gasteiger charge is -2.13. The van der Waals surface area contributed by atoms with Gasteiger partial charge >= 0.3 is 0 Å². The first-order chi connectivity index (χ1) is 8.66. The van der Waals surface area contributed by atoms with E-state index in [4.69, 9.17) is 11.6 Å². The molecule has 0 radical (unpaired) electrons. The van der Waals surface area contributed by atoms with Crippen molar-refractivity contribution in [3.8, 4) is 0 Å². The number of hydrogen-bond acceptors (Lipinski definition) is 2. The molecule has 2 rings (SSSR count). The van der Waals surface area contributed by atoms with Crippen molar-refractivity contribution >= 4 is 16.8 Å². The summed E-state index contributed by atoms with van der Waals surface area (Å²) in [6.07, 6.45) is 3.74. The molecule has 4 heteroatoms. The molecule has 18 heavy (non-hydrogen) atoms. The Labute approximate surface area is 109 Å². The summed E-state index contributed by atoms with van der Waals surface area (Å²) in [6, 6.07) is 9.58. The third-order valence-corrected chi connectivity index (χ3v) is 2.98. The van der Waals surface area contributed by atoms with Crippen molar-refractivity contribution < 1.29 is 9.18 Å². The molecule has 1 unspecified atom stereocenters. The predicted octanol–water partition coefficient (Wildman–Crippen LogP) is 3.31. The quantitative estimate of drug-likeness (QED) is 0.792.